The summed E-state index contributed by atoms with van der Waals surface area (Å²) >= 11 is 0. The van der Waals surface area contributed by atoms with Gasteiger partial charge in [-0.05, 0) is 82.9 Å². The molecule has 0 bridgehead atoms. The fourth-order valence-corrected chi connectivity index (χ4v) is 9.36. The molecule has 6 rings (SSSR count). The number of benzene rings is 3. The van der Waals surface area contributed by atoms with E-state index in [1.165, 1.54) is 50.9 Å². The van der Waals surface area contributed by atoms with Gasteiger partial charge < -0.3 is 9.73 Å². The van der Waals surface area contributed by atoms with E-state index in [-0.39, 0.29) is 41.8 Å². The summed E-state index contributed by atoms with van der Waals surface area (Å²) in [5.74, 6) is 1.15. The molecule has 0 unspecified atom stereocenters. The molecule has 0 saturated heterocycles. The van der Waals surface area contributed by atoms with Crippen molar-refractivity contribution in [1.29, 1.82) is 0 Å². The zero-order valence-electron chi connectivity index (χ0n) is 38.9. The third-order valence-electron chi connectivity index (χ3n) is 12.7. The predicted octanol–water partition coefficient (Wildman–Crippen LogP) is 15.7. The monoisotopic (exact) mass is 961 g/mol. The number of nitrogens with zero attached hydrogens (tertiary/aromatic N) is 3. The van der Waals surface area contributed by atoms with E-state index in [9.17, 15) is 0 Å². The molecule has 0 fully saturated rings. The molecule has 0 amide bonds. The van der Waals surface area contributed by atoms with Crippen LogP contribution in [0.1, 0.15) is 158 Å². The van der Waals surface area contributed by atoms with E-state index in [1.807, 2.05) is 20.3 Å². The van der Waals surface area contributed by atoms with Gasteiger partial charge in [0.05, 0.1) is 0 Å². The normalized spacial score (nSPS) is 15.8. The first-order valence-electron chi connectivity index (χ1n) is 21.9. The van der Waals surface area contributed by atoms with Gasteiger partial charge in [0.1, 0.15) is 11.2 Å². The summed E-state index contributed by atoms with van der Waals surface area (Å²) in [5, 5.41) is 9.19. The van der Waals surface area contributed by atoms with Crippen molar-refractivity contribution in [3.63, 3.8) is 0 Å². The third kappa shape index (κ3) is 9.84. The summed E-state index contributed by atoms with van der Waals surface area (Å²) in [4.78, 5) is 9.39. The summed E-state index contributed by atoms with van der Waals surface area (Å²) in [6.07, 6.45) is 12.2. The van der Waals surface area contributed by atoms with Crippen molar-refractivity contribution in [2.75, 3.05) is 14.1 Å². The zero-order valence-corrected chi connectivity index (χ0v) is 41.3. The molecule has 1 radical (unpaired) electrons. The molecule has 5 heteroatoms. The quantitative estimate of drug-likeness (QED) is 0.103. The first kappa shape index (κ1) is 47.4. The van der Waals surface area contributed by atoms with Crippen LogP contribution in [-0.2, 0) is 42.8 Å². The molecule has 2 heterocycles. The Kier molecular flexibility index (Phi) is 15.2. The van der Waals surface area contributed by atoms with Crippen LogP contribution in [0.2, 0.25) is 0 Å². The number of pyridine rings is 1. The Morgan fingerprint density at radius 3 is 1.98 bits per heavy atom. The van der Waals surface area contributed by atoms with E-state index in [4.69, 9.17) is 9.40 Å². The molecule has 3 aromatic carbocycles. The van der Waals surface area contributed by atoms with Crippen molar-refractivity contribution >= 4 is 38.4 Å². The Hall–Kier alpha value is -3.27. The Balaban J connectivity index is 0.000000353. The molecule has 0 atom stereocenters. The van der Waals surface area contributed by atoms with Crippen LogP contribution in [0.5, 0.6) is 0 Å². The molecule has 4 nitrogen and oxygen atoms in total. The van der Waals surface area contributed by atoms with Crippen molar-refractivity contribution in [3.8, 4) is 11.3 Å². The Morgan fingerprint density at radius 1 is 0.828 bits per heavy atom. The van der Waals surface area contributed by atoms with E-state index < -0.39 is 0 Å². The van der Waals surface area contributed by atoms with E-state index >= 15 is 0 Å². The van der Waals surface area contributed by atoms with Gasteiger partial charge in [-0.1, -0.05) is 145 Å². The van der Waals surface area contributed by atoms with E-state index in [0.29, 0.717) is 11.8 Å². The van der Waals surface area contributed by atoms with E-state index in [0.717, 1.165) is 71.7 Å². The fourth-order valence-electron chi connectivity index (χ4n) is 9.36. The molecule has 2 aromatic heterocycles. The van der Waals surface area contributed by atoms with Gasteiger partial charge in [-0.25, -0.2) is 0 Å². The molecule has 0 saturated carbocycles. The fraction of sp³-hybridized carbons (Fsp3) is 0.547. The number of aromatic nitrogens is 1. The van der Waals surface area contributed by atoms with Crippen molar-refractivity contribution in [2.24, 2.45) is 22.2 Å². The van der Waals surface area contributed by atoms with Crippen LogP contribution in [0.3, 0.4) is 0 Å². The summed E-state index contributed by atoms with van der Waals surface area (Å²) in [6.45, 7) is 32.5. The molecule has 317 valence electrons. The molecular formula is C53H73IrN3O-2. The molecule has 5 aromatic rings. The number of aliphatic imine (C=N–C) groups is 1. The standard InChI is InChI=1S/C38H44NO.C15H29N2.Ir/c1-35(2,3)22-25-20-28-27-15-18-39-32(24-19-23-13-11-12-14-26(23)29(21-24)36(4,5)6)34(27)40-33(28)31-30(25)37(7,8)16-17-38(31,9)10;1-7-12(8-2)14(16-5)11-15(17-6)13(9-3)10-4;/h11-15,18,20-21H,16-17,22H2,1-10H3;11-13H,7-10H2,1-6H3;/q2*-1;/b;14-11-,17-15?;. The SMILES string of the molecule is CC(C)(C)Cc1cc2c(oc3c(-c4[c-]c5ccccc5c(C(C)(C)C)c4)nccc32)c2c1C(C)(C)CCC2(C)C.CCC(CC)C(/C=C(\[N-]C)C(CC)CC)=NC.[Ir]. The predicted molar refractivity (Wildman–Crippen MR) is 249 cm³/mol. The number of fused-ring (bicyclic) bond motifs is 6. The van der Waals surface area contributed by atoms with Gasteiger partial charge in [0.2, 0.25) is 0 Å². The van der Waals surface area contributed by atoms with Gasteiger partial charge >= 0.3 is 0 Å². The van der Waals surface area contributed by atoms with Crippen LogP contribution in [0.25, 0.3) is 49.3 Å². The van der Waals surface area contributed by atoms with Crippen molar-refractivity contribution in [3.05, 3.63) is 94.1 Å². The first-order valence-corrected chi connectivity index (χ1v) is 21.9. The Bertz CT molecular complexity index is 2250. The van der Waals surface area contributed by atoms with Gasteiger partial charge in [-0.3, -0.25) is 9.98 Å². The van der Waals surface area contributed by atoms with Crippen molar-refractivity contribution < 1.29 is 24.5 Å². The third-order valence-corrected chi connectivity index (χ3v) is 12.7. The first-order chi connectivity index (χ1) is 26.7. The van der Waals surface area contributed by atoms with Crippen LogP contribution < -0.4 is 0 Å². The Morgan fingerprint density at radius 2 is 1.43 bits per heavy atom. The minimum absolute atomic E-state index is 0. The second kappa shape index (κ2) is 18.6. The number of allylic oxidation sites excluding steroid dienone is 2. The average molecular weight is 960 g/mol. The number of rotatable bonds is 10. The minimum Gasteiger partial charge on any atom is -0.690 e. The van der Waals surface area contributed by atoms with Gasteiger partial charge in [0.25, 0.3) is 0 Å². The maximum absolute atomic E-state index is 7.01. The molecule has 1 aliphatic carbocycles. The van der Waals surface area contributed by atoms with Crippen molar-refractivity contribution in [1.82, 2.24) is 4.98 Å². The summed E-state index contributed by atoms with van der Waals surface area (Å²) < 4.78 is 7.01. The minimum atomic E-state index is -0.0121. The molecule has 0 aliphatic heterocycles. The molecule has 1 aliphatic rings. The van der Waals surface area contributed by atoms with Gasteiger partial charge in [-0.2, -0.15) is 5.70 Å². The van der Waals surface area contributed by atoms with Gasteiger partial charge in [0, 0.05) is 67.0 Å². The number of furan rings is 1. The number of hydrogen-bond donors (Lipinski definition) is 0. The van der Waals surface area contributed by atoms with Crippen molar-refractivity contribution in [2.45, 2.75) is 158 Å². The van der Waals surface area contributed by atoms with Gasteiger partial charge in [0.15, 0.2) is 0 Å². The largest absolute Gasteiger partial charge is 0.690 e. The van der Waals surface area contributed by atoms with E-state index in [2.05, 4.69) is 162 Å². The topological polar surface area (TPSA) is 52.5 Å². The molecule has 0 spiro atoms. The van der Waals surface area contributed by atoms with Crippen LogP contribution in [0.4, 0.5) is 0 Å². The van der Waals surface area contributed by atoms with Crippen LogP contribution in [0, 0.1) is 23.3 Å². The molecule has 58 heavy (non-hydrogen) atoms. The summed E-state index contributed by atoms with van der Waals surface area (Å²) in [6, 6.07) is 19.2. The maximum Gasteiger partial charge on any atom is 0.138 e. The van der Waals surface area contributed by atoms with E-state index in [1.54, 1.807) is 0 Å². The maximum atomic E-state index is 7.01. The zero-order chi connectivity index (χ0) is 42.1. The van der Waals surface area contributed by atoms with Gasteiger partial charge in [-0.15, -0.1) is 36.2 Å². The summed E-state index contributed by atoms with van der Waals surface area (Å²) in [7, 11) is 3.79. The second-order valence-corrected chi connectivity index (χ2v) is 20.2. The van der Waals surface area contributed by atoms with Crippen LogP contribution in [0.15, 0.2) is 69.8 Å². The number of hydrogen-bond acceptors (Lipinski definition) is 3. The molecule has 0 N–H and O–H groups in total. The average Bonchev–Trinajstić information content (AvgIpc) is 3.53. The van der Waals surface area contributed by atoms with Crippen LogP contribution in [-0.4, -0.2) is 24.8 Å². The smallest absolute Gasteiger partial charge is 0.138 e. The van der Waals surface area contributed by atoms with Crippen LogP contribution >= 0.6 is 0 Å². The summed E-state index contributed by atoms with van der Waals surface area (Å²) in [5.41, 5.74) is 12.2. The Labute approximate surface area is 365 Å². The molecular weight excluding hydrogens is 887 g/mol. The second-order valence-electron chi connectivity index (χ2n) is 20.2.